The minimum Gasteiger partial charge on any atom is -0.135 e. The number of thiophene rings is 1. The second kappa shape index (κ2) is 7.07. The zero-order chi connectivity index (χ0) is 20.0. The Morgan fingerprint density at radius 1 is 1.00 bits per heavy atom. The lowest BCUT2D eigenvalue weighted by atomic mass is 9.93. The molecule has 0 fully saturated rings. The monoisotopic (exact) mass is 382 g/mol. The van der Waals surface area contributed by atoms with Crippen molar-refractivity contribution in [3.05, 3.63) is 87.4 Å². The third kappa shape index (κ3) is 2.65. The lowest BCUT2D eigenvalue weighted by molar-refractivity contribution is 1.31. The van der Waals surface area contributed by atoms with Gasteiger partial charge in [0.2, 0.25) is 0 Å². The molecule has 140 valence electrons. The molecule has 2 aromatic carbocycles. The largest absolute Gasteiger partial charge is 0.135 e. The van der Waals surface area contributed by atoms with E-state index >= 15 is 0 Å². The highest BCUT2D eigenvalue weighted by atomic mass is 32.1. The molecule has 28 heavy (non-hydrogen) atoms. The summed E-state index contributed by atoms with van der Waals surface area (Å²) in [7, 11) is 0. The average Bonchev–Trinajstić information content (AvgIpc) is 3.20. The molecule has 0 radical (unpaired) electrons. The maximum atomic E-state index is 4.58. The molecule has 0 spiro atoms. The molecule has 3 aromatic rings. The highest BCUT2D eigenvalue weighted by molar-refractivity contribution is 7.25. The van der Waals surface area contributed by atoms with E-state index in [1.54, 1.807) is 0 Å². The highest BCUT2D eigenvalue weighted by Crippen LogP contribution is 2.38. The number of hydrogen-bond acceptors (Lipinski definition) is 1. The average molecular weight is 383 g/mol. The third-order valence-electron chi connectivity index (χ3n) is 5.89. The predicted molar refractivity (Wildman–Crippen MR) is 128 cm³/mol. The van der Waals surface area contributed by atoms with Gasteiger partial charge in [-0.3, -0.25) is 0 Å². The van der Waals surface area contributed by atoms with E-state index in [9.17, 15) is 0 Å². The van der Waals surface area contributed by atoms with Gasteiger partial charge in [0.25, 0.3) is 0 Å². The summed E-state index contributed by atoms with van der Waals surface area (Å²) < 4.78 is 2.63. The standard InChI is InChI=1S/C27H26S/c1-7-11-20-15-23(17(4)16(20)3)25-19(6)27-26(18(5)21(25)12-8-2)22-13-9-10-14-24(22)28-27/h7-14H,4,6,15H2,1-3,5H3/b11-7-,12-8-,25-23+. The maximum absolute atomic E-state index is 4.58. The van der Waals surface area contributed by atoms with Crippen molar-refractivity contribution < 1.29 is 0 Å². The summed E-state index contributed by atoms with van der Waals surface area (Å²) in [6, 6.07) is 8.69. The Morgan fingerprint density at radius 3 is 2.43 bits per heavy atom. The molecule has 0 aliphatic heterocycles. The summed E-state index contributed by atoms with van der Waals surface area (Å²) in [6.07, 6.45) is 9.65. The van der Waals surface area contributed by atoms with E-state index in [4.69, 9.17) is 0 Å². The Labute approximate surface area is 171 Å². The molecule has 4 rings (SSSR count). The lowest BCUT2D eigenvalue weighted by Gasteiger charge is -2.11. The van der Waals surface area contributed by atoms with E-state index in [0.29, 0.717) is 0 Å². The molecule has 0 saturated heterocycles. The second-order valence-electron chi connectivity index (χ2n) is 7.48. The molecule has 1 aromatic heterocycles. The maximum Gasteiger partial charge on any atom is 0.0431 e. The van der Waals surface area contributed by atoms with Crippen LogP contribution in [0.2, 0.25) is 0 Å². The molecule has 1 aliphatic rings. The van der Waals surface area contributed by atoms with Gasteiger partial charge in [-0.2, -0.15) is 0 Å². The summed E-state index contributed by atoms with van der Waals surface area (Å²) in [5, 5.41) is 5.10. The SMILES string of the molecule is C=C1C(C)=C(/C=C\C)C/C1=c1\c(/C=C\C)c(C)c2c(sc3ccccc32)c1=C. The van der Waals surface area contributed by atoms with Crippen molar-refractivity contribution in [3.63, 3.8) is 0 Å². The van der Waals surface area contributed by atoms with Crippen LogP contribution in [-0.4, -0.2) is 0 Å². The third-order valence-corrected chi connectivity index (χ3v) is 7.12. The summed E-state index contributed by atoms with van der Waals surface area (Å²) in [6.45, 7) is 17.6. The summed E-state index contributed by atoms with van der Waals surface area (Å²) in [5.41, 5.74) is 7.77. The van der Waals surface area contributed by atoms with Crippen molar-refractivity contribution in [1.82, 2.24) is 0 Å². The minimum atomic E-state index is 0.928. The molecule has 0 amide bonds. The fraction of sp³-hybridized carbons (Fsp3) is 0.185. The first-order chi connectivity index (χ1) is 13.5. The molecule has 0 unspecified atom stereocenters. The lowest BCUT2D eigenvalue weighted by Crippen LogP contribution is -2.30. The normalized spacial score (nSPS) is 17.4. The number of aryl methyl sites for hydroxylation is 1. The fourth-order valence-electron chi connectivity index (χ4n) is 4.42. The Morgan fingerprint density at radius 2 is 1.71 bits per heavy atom. The van der Waals surface area contributed by atoms with Gasteiger partial charge in [-0.15, -0.1) is 11.3 Å². The molecule has 1 aliphatic carbocycles. The van der Waals surface area contributed by atoms with E-state index in [0.717, 1.165) is 17.2 Å². The van der Waals surface area contributed by atoms with Crippen LogP contribution in [0.25, 0.3) is 38.4 Å². The first-order valence-corrected chi connectivity index (χ1v) is 10.6. The van der Waals surface area contributed by atoms with Crippen LogP contribution in [0, 0.1) is 6.92 Å². The van der Waals surface area contributed by atoms with Crippen LogP contribution in [-0.2, 0) is 0 Å². The smallest absolute Gasteiger partial charge is 0.0431 e. The van der Waals surface area contributed by atoms with Crippen molar-refractivity contribution >= 4 is 49.7 Å². The Bertz CT molecular complexity index is 1340. The highest BCUT2D eigenvalue weighted by Gasteiger charge is 2.21. The van der Waals surface area contributed by atoms with Crippen LogP contribution < -0.4 is 10.4 Å². The Hall–Kier alpha value is -2.64. The second-order valence-corrected chi connectivity index (χ2v) is 8.53. The number of rotatable bonds is 2. The zero-order valence-corrected chi connectivity index (χ0v) is 18.0. The van der Waals surface area contributed by atoms with Crippen molar-refractivity contribution in [1.29, 1.82) is 0 Å². The number of fused-ring (bicyclic) bond motifs is 3. The molecule has 0 bridgehead atoms. The van der Waals surface area contributed by atoms with Gasteiger partial charge in [0.1, 0.15) is 0 Å². The van der Waals surface area contributed by atoms with E-state index in [2.05, 4.69) is 89.4 Å². The van der Waals surface area contributed by atoms with Crippen molar-refractivity contribution in [2.24, 2.45) is 0 Å². The topological polar surface area (TPSA) is 0 Å². The summed E-state index contributed by atoms with van der Waals surface area (Å²) in [5.74, 6) is 0. The number of benzene rings is 2. The van der Waals surface area contributed by atoms with Gasteiger partial charge < -0.3 is 0 Å². The predicted octanol–water partition coefficient (Wildman–Crippen LogP) is 6.81. The number of allylic oxidation sites excluding steroid dienone is 6. The van der Waals surface area contributed by atoms with Crippen molar-refractivity contribution in [3.8, 4) is 0 Å². The Kier molecular flexibility index (Phi) is 4.72. The van der Waals surface area contributed by atoms with Crippen LogP contribution in [0.5, 0.6) is 0 Å². The molecule has 0 atom stereocenters. The van der Waals surface area contributed by atoms with Gasteiger partial charge in [-0.1, -0.05) is 55.7 Å². The van der Waals surface area contributed by atoms with Gasteiger partial charge in [-0.05, 0) is 84.0 Å². The molecule has 0 nitrogen and oxygen atoms in total. The summed E-state index contributed by atoms with van der Waals surface area (Å²) >= 11 is 1.86. The van der Waals surface area contributed by atoms with E-state index < -0.39 is 0 Å². The molecular formula is C27H26S. The van der Waals surface area contributed by atoms with Gasteiger partial charge in [-0.25, -0.2) is 0 Å². The van der Waals surface area contributed by atoms with Gasteiger partial charge >= 0.3 is 0 Å². The van der Waals surface area contributed by atoms with Crippen LogP contribution in [0.1, 0.15) is 38.3 Å². The van der Waals surface area contributed by atoms with Crippen LogP contribution in [0.4, 0.5) is 0 Å². The van der Waals surface area contributed by atoms with Gasteiger partial charge in [0, 0.05) is 20.2 Å². The van der Waals surface area contributed by atoms with Crippen LogP contribution in [0.15, 0.2) is 65.8 Å². The van der Waals surface area contributed by atoms with Crippen LogP contribution in [0.3, 0.4) is 0 Å². The quantitative estimate of drug-likeness (QED) is 0.457. The Balaban J connectivity index is 2.21. The van der Waals surface area contributed by atoms with E-state index in [1.807, 2.05) is 11.3 Å². The first kappa shape index (κ1) is 18.7. The van der Waals surface area contributed by atoms with Gasteiger partial charge in [0.15, 0.2) is 0 Å². The van der Waals surface area contributed by atoms with Gasteiger partial charge in [0.05, 0.1) is 0 Å². The van der Waals surface area contributed by atoms with E-state index in [-0.39, 0.29) is 0 Å². The molecular weight excluding hydrogens is 356 g/mol. The van der Waals surface area contributed by atoms with Crippen molar-refractivity contribution in [2.45, 2.75) is 34.1 Å². The van der Waals surface area contributed by atoms with E-state index in [1.165, 1.54) is 53.2 Å². The molecule has 0 saturated carbocycles. The fourth-order valence-corrected chi connectivity index (χ4v) is 5.66. The molecule has 1 heteroatoms. The van der Waals surface area contributed by atoms with Crippen molar-refractivity contribution in [2.75, 3.05) is 0 Å². The molecule has 0 N–H and O–H groups in total. The zero-order valence-electron chi connectivity index (χ0n) is 17.1. The minimum absolute atomic E-state index is 0.928. The van der Waals surface area contributed by atoms with Crippen LogP contribution >= 0.6 is 11.3 Å². The first-order valence-electron chi connectivity index (χ1n) is 9.80. The number of hydrogen-bond donors (Lipinski definition) is 0. The summed E-state index contributed by atoms with van der Waals surface area (Å²) in [4.78, 5) is 0. The molecule has 1 heterocycles.